The molecule has 1 saturated carbocycles. The number of carboxylic acid groups (broad SMARTS) is 1. The molecule has 2 N–H and O–H groups in total. The van der Waals surface area contributed by atoms with Crippen LogP contribution in [0.4, 0.5) is 0 Å². The van der Waals surface area contributed by atoms with Gasteiger partial charge in [0.05, 0.1) is 0 Å². The molecule has 106 valence electrons. The zero-order chi connectivity index (χ0) is 13.4. The second-order valence-corrected chi connectivity index (χ2v) is 5.72. The highest BCUT2D eigenvalue weighted by Crippen LogP contribution is 2.25. The SMILES string of the molecule is CCCC(CCC)(NC1CCCCCC1)C(=O)O. The standard InChI is InChI=1S/C15H29NO2/c1-3-11-15(12-4-2,14(17)18)16-13-9-7-5-6-8-10-13/h13,16H,3-12H2,1-2H3,(H,17,18). The topological polar surface area (TPSA) is 49.3 Å². The third-order valence-corrected chi connectivity index (χ3v) is 4.10. The molecule has 3 heteroatoms. The van der Waals surface area contributed by atoms with E-state index in [-0.39, 0.29) is 0 Å². The molecule has 0 aromatic heterocycles. The fourth-order valence-electron chi connectivity index (χ4n) is 3.21. The minimum Gasteiger partial charge on any atom is -0.480 e. The van der Waals surface area contributed by atoms with Crippen molar-refractivity contribution in [1.82, 2.24) is 5.32 Å². The molecule has 0 aromatic rings. The van der Waals surface area contributed by atoms with Crippen LogP contribution in [-0.4, -0.2) is 22.7 Å². The Morgan fingerprint density at radius 3 is 2.00 bits per heavy atom. The first kappa shape index (κ1) is 15.5. The minimum atomic E-state index is -0.682. The first-order valence-electron chi connectivity index (χ1n) is 7.65. The van der Waals surface area contributed by atoms with Gasteiger partial charge in [-0.15, -0.1) is 0 Å². The van der Waals surface area contributed by atoms with Gasteiger partial charge in [-0.25, -0.2) is 0 Å². The number of carboxylic acids is 1. The van der Waals surface area contributed by atoms with Crippen molar-refractivity contribution in [2.45, 2.75) is 89.6 Å². The van der Waals surface area contributed by atoms with E-state index in [4.69, 9.17) is 0 Å². The Morgan fingerprint density at radius 1 is 1.11 bits per heavy atom. The molecular formula is C15H29NO2. The maximum Gasteiger partial charge on any atom is 0.323 e. The molecule has 1 rings (SSSR count). The molecule has 0 aromatic carbocycles. The molecule has 0 radical (unpaired) electrons. The smallest absolute Gasteiger partial charge is 0.323 e. The van der Waals surface area contributed by atoms with Gasteiger partial charge in [0.25, 0.3) is 0 Å². The number of hydrogen-bond acceptors (Lipinski definition) is 2. The van der Waals surface area contributed by atoms with Crippen LogP contribution in [0.3, 0.4) is 0 Å². The molecule has 0 heterocycles. The van der Waals surface area contributed by atoms with Gasteiger partial charge in [-0.3, -0.25) is 10.1 Å². The first-order valence-corrected chi connectivity index (χ1v) is 7.65. The highest BCUT2D eigenvalue weighted by molar-refractivity contribution is 5.78. The molecule has 0 unspecified atom stereocenters. The van der Waals surface area contributed by atoms with Gasteiger partial charge in [0, 0.05) is 6.04 Å². The average Bonchev–Trinajstić information content (AvgIpc) is 2.58. The predicted octanol–water partition coefficient (Wildman–Crippen LogP) is 3.72. The van der Waals surface area contributed by atoms with Crippen LogP contribution in [0.5, 0.6) is 0 Å². The van der Waals surface area contributed by atoms with Crippen molar-refractivity contribution in [3.8, 4) is 0 Å². The highest BCUT2D eigenvalue weighted by atomic mass is 16.4. The van der Waals surface area contributed by atoms with Crippen molar-refractivity contribution in [2.24, 2.45) is 0 Å². The Kier molecular flexibility index (Phi) is 6.69. The molecule has 0 bridgehead atoms. The van der Waals surface area contributed by atoms with Crippen LogP contribution in [0.25, 0.3) is 0 Å². The van der Waals surface area contributed by atoms with Crippen molar-refractivity contribution < 1.29 is 9.90 Å². The van der Waals surface area contributed by atoms with Crippen LogP contribution in [0, 0.1) is 0 Å². The Hall–Kier alpha value is -0.570. The summed E-state index contributed by atoms with van der Waals surface area (Å²) < 4.78 is 0. The molecule has 1 fully saturated rings. The molecule has 3 nitrogen and oxygen atoms in total. The van der Waals surface area contributed by atoms with Crippen LogP contribution < -0.4 is 5.32 Å². The molecule has 1 aliphatic carbocycles. The number of hydrogen-bond donors (Lipinski definition) is 2. The normalized spacial score (nSPS) is 18.6. The van der Waals surface area contributed by atoms with Crippen LogP contribution in [0.1, 0.15) is 78.1 Å². The van der Waals surface area contributed by atoms with Gasteiger partial charge < -0.3 is 5.11 Å². The van der Waals surface area contributed by atoms with E-state index >= 15 is 0 Å². The van der Waals surface area contributed by atoms with Crippen molar-refractivity contribution in [3.63, 3.8) is 0 Å². The lowest BCUT2D eigenvalue weighted by molar-refractivity contribution is -0.146. The van der Waals surface area contributed by atoms with Crippen LogP contribution in [0.2, 0.25) is 0 Å². The number of carbonyl (C=O) groups is 1. The van der Waals surface area contributed by atoms with Gasteiger partial charge in [-0.05, 0) is 25.7 Å². The lowest BCUT2D eigenvalue weighted by atomic mass is 9.87. The van der Waals surface area contributed by atoms with Crippen LogP contribution in [-0.2, 0) is 4.79 Å². The Labute approximate surface area is 111 Å². The summed E-state index contributed by atoms with van der Waals surface area (Å²) in [5, 5.41) is 13.1. The fourth-order valence-corrected chi connectivity index (χ4v) is 3.21. The van der Waals surface area contributed by atoms with Gasteiger partial charge in [0.1, 0.15) is 5.54 Å². The lowest BCUT2D eigenvalue weighted by Crippen LogP contribution is -2.55. The van der Waals surface area contributed by atoms with Crippen molar-refractivity contribution in [1.29, 1.82) is 0 Å². The van der Waals surface area contributed by atoms with E-state index in [0.29, 0.717) is 6.04 Å². The van der Waals surface area contributed by atoms with E-state index in [1.165, 1.54) is 25.7 Å². The summed E-state index contributed by atoms with van der Waals surface area (Å²) in [5.41, 5.74) is -0.682. The summed E-state index contributed by atoms with van der Waals surface area (Å²) in [6.07, 6.45) is 10.7. The van der Waals surface area contributed by atoms with Crippen molar-refractivity contribution in [2.75, 3.05) is 0 Å². The summed E-state index contributed by atoms with van der Waals surface area (Å²) in [6, 6.07) is 0.404. The molecule has 1 aliphatic rings. The van der Waals surface area contributed by atoms with Crippen LogP contribution in [0.15, 0.2) is 0 Å². The third kappa shape index (κ3) is 4.27. The Morgan fingerprint density at radius 2 is 1.61 bits per heavy atom. The molecule has 0 spiro atoms. The number of aliphatic carboxylic acids is 1. The zero-order valence-corrected chi connectivity index (χ0v) is 12.0. The Bertz CT molecular complexity index is 239. The van der Waals surface area contributed by atoms with Crippen LogP contribution >= 0.6 is 0 Å². The number of rotatable bonds is 7. The minimum absolute atomic E-state index is 0.404. The highest BCUT2D eigenvalue weighted by Gasteiger charge is 2.38. The van der Waals surface area contributed by atoms with Crippen molar-refractivity contribution >= 4 is 5.97 Å². The monoisotopic (exact) mass is 255 g/mol. The average molecular weight is 255 g/mol. The van der Waals surface area contributed by atoms with Gasteiger partial charge in [0.15, 0.2) is 0 Å². The molecule has 0 atom stereocenters. The van der Waals surface area contributed by atoms with E-state index in [1.807, 2.05) is 0 Å². The van der Waals surface area contributed by atoms with E-state index in [9.17, 15) is 9.90 Å². The van der Waals surface area contributed by atoms with Gasteiger partial charge in [-0.2, -0.15) is 0 Å². The molecule has 0 aliphatic heterocycles. The van der Waals surface area contributed by atoms with Gasteiger partial charge in [-0.1, -0.05) is 52.4 Å². The first-order chi connectivity index (χ1) is 8.64. The maximum atomic E-state index is 11.7. The maximum absolute atomic E-state index is 11.7. The summed E-state index contributed by atoms with van der Waals surface area (Å²) in [7, 11) is 0. The van der Waals surface area contributed by atoms with E-state index in [0.717, 1.165) is 38.5 Å². The lowest BCUT2D eigenvalue weighted by Gasteiger charge is -2.34. The molecule has 18 heavy (non-hydrogen) atoms. The van der Waals surface area contributed by atoms with E-state index in [2.05, 4.69) is 19.2 Å². The van der Waals surface area contributed by atoms with Crippen molar-refractivity contribution in [3.05, 3.63) is 0 Å². The molecule has 0 amide bonds. The Balaban J connectivity index is 2.71. The molecular weight excluding hydrogens is 226 g/mol. The summed E-state index contributed by atoms with van der Waals surface area (Å²) in [5.74, 6) is -0.657. The van der Waals surface area contributed by atoms with Gasteiger partial charge in [0.2, 0.25) is 0 Å². The quantitative estimate of drug-likeness (QED) is 0.682. The second kappa shape index (κ2) is 7.78. The second-order valence-electron chi connectivity index (χ2n) is 5.72. The summed E-state index contributed by atoms with van der Waals surface area (Å²) in [6.45, 7) is 4.14. The molecule has 0 saturated heterocycles. The fraction of sp³-hybridized carbons (Fsp3) is 0.933. The summed E-state index contributed by atoms with van der Waals surface area (Å²) >= 11 is 0. The van der Waals surface area contributed by atoms with E-state index < -0.39 is 11.5 Å². The number of nitrogens with one attached hydrogen (secondary N) is 1. The largest absolute Gasteiger partial charge is 0.480 e. The predicted molar refractivity (Wildman–Crippen MR) is 74.8 cm³/mol. The zero-order valence-electron chi connectivity index (χ0n) is 12.0. The third-order valence-electron chi connectivity index (χ3n) is 4.10. The van der Waals surface area contributed by atoms with Gasteiger partial charge >= 0.3 is 5.97 Å². The summed E-state index contributed by atoms with van der Waals surface area (Å²) in [4.78, 5) is 11.7. The van der Waals surface area contributed by atoms with E-state index in [1.54, 1.807) is 0 Å².